The molecule has 0 rings (SSSR count). The van der Waals surface area contributed by atoms with Gasteiger partial charge in [0, 0.05) is 0 Å². The number of carbonyl (C=O) groups excluding carboxylic acids is 1. The van der Waals surface area contributed by atoms with Crippen LogP contribution in [0.3, 0.4) is 0 Å². The summed E-state index contributed by atoms with van der Waals surface area (Å²) in [5, 5.41) is 14.4. The summed E-state index contributed by atoms with van der Waals surface area (Å²) in [5.41, 5.74) is 0. The Hall–Kier alpha value is -0.610. The fraction of sp³-hybridized carbons (Fsp3) is 0.875. The van der Waals surface area contributed by atoms with E-state index < -0.39 is 0 Å². The summed E-state index contributed by atoms with van der Waals surface area (Å²) in [6.45, 7) is 4.98. The van der Waals surface area contributed by atoms with E-state index in [9.17, 15) is 4.79 Å². The summed E-state index contributed by atoms with van der Waals surface area (Å²) in [4.78, 5) is 11.0. The predicted molar refractivity (Wildman–Crippen MR) is 47.9 cm³/mol. The maximum Gasteiger partial charge on any atom is 0.234 e. The highest BCUT2D eigenvalue weighted by Crippen LogP contribution is 1.87. The minimum absolute atomic E-state index is 0.00830. The maximum absolute atomic E-state index is 11.0. The van der Waals surface area contributed by atoms with Gasteiger partial charge >= 0.3 is 0 Å². The Balaban J connectivity index is 3.52. The number of carbonyl (C=O) groups is 1. The van der Waals surface area contributed by atoms with Gasteiger partial charge in [0.05, 0.1) is 19.2 Å². The Morgan fingerprint density at radius 1 is 1.50 bits per heavy atom. The van der Waals surface area contributed by atoms with Crippen LogP contribution < -0.4 is 10.6 Å². The van der Waals surface area contributed by atoms with Crippen LogP contribution in [0.5, 0.6) is 0 Å². The monoisotopic (exact) mass is 174 g/mol. The average Bonchev–Trinajstić information content (AvgIpc) is 2.10. The van der Waals surface area contributed by atoms with E-state index in [0.717, 1.165) is 13.0 Å². The number of aliphatic hydroxyl groups is 1. The van der Waals surface area contributed by atoms with E-state index in [1.54, 1.807) is 0 Å². The van der Waals surface area contributed by atoms with Gasteiger partial charge in [0.2, 0.25) is 5.91 Å². The van der Waals surface area contributed by atoms with E-state index in [4.69, 9.17) is 5.11 Å². The molecule has 0 heterocycles. The second-order valence-corrected chi connectivity index (χ2v) is 2.64. The lowest BCUT2D eigenvalue weighted by Crippen LogP contribution is -2.41. The molecule has 0 saturated carbocycles. The first kappa shape index (κ1) is 11.4. The Morgan fingerprint density at radius 2 is 2.17 bits per heavy atom. The van der Waals surface area contributed by atoms with Crippen LogP contribution in [0.15, 0.2) is 0 Å². The van der Waals surface area contributed by atoms with E-state index in [1.807, 2.05) is 13.8 Å². The standard InChI is InChI=1S/C8H18N2O2/c1-3-7(6-11)10-8(12)5-9-4-2/h7,9,11H,3-6H2,1-2H3,(H,10,12). The van der Waals surface area contributed by atoms with Gasteiger partial charge in [0.15, 0.2) is 0 Å². The van der Waals surface area contributed by atoms with E-state index in [0.29, 0.717) is 6.54 Å². The maximum atomic E-state index is 11.0. The van der Waals surface area contributed by atoms with Gasteiger partial charge in [-0.1, -0.05) is 13.8 Å². The van der Waals surface area contributed by atoms with Crippen LogP contribution in [-0.2, 0) is 4.79 Å². The molecule has 4 heteroatoms. The zero-order valence-electron chi connectivity index (χ0n) is 7.76. The SMILES string of the molecule is CCNCC(=O)NC(CC)CO. The minimum Gasteiger partial charge on any atom is -0.394 e. The Kier molecular flexibility index (Phi) is 6.70. The lowest BCUT2D eigenvalue weighted by atomic mass is 10.2. The molecule has 0 aliphatic carbocycles. The molecule has 0 saturated heterocycles. The van der Waals surface area contributed by atoms with Crippen LogP contribution in [0.2, 0.25) is 0 Å². The molecule has 3 N–H and O–H groups in total. The molecular formula is C8H18N2O2. The van der Waals surface area contributed by atoms with Crippen molar-refractivity contribution in [2.45, 2.75) is 26.3 Å². The van der Waals surface area contributed by atoms with E-state index >= 15 is 0 Å². The second kappa shape index (κ2) is 7.06. The summed E-state index contributed by atoms with van der Waals surface area (Å²) in [6, 6.07) is -0.101. The summed E-state index contributed by atoms with van der Waals surface area (Å²) >= 11 is 0. The first-order valence-corrected chi connectivity index (χ1v) is 4.35. The molecular weight excluding hydrogens is 156 g/mol. The third kappa shape index (κ3) is 5.09. The molecule has 72 valence electrons. The first-order chi connectivity index (χ1) is 5.74. The Morgan fingerprint density at radius 3 is 2.58 bits per heavy atom. The van der Waals surface area contributed by atoms with Gasteiger partial charge in [0.25, 0.3) is 0 Å². The second-order valence-electron chi connectivity index (χ2n) is 2.64. The molecule has 0 aliphatic heterocycles. The number of rotatable bonds is 6. The fourth-order valence-electron chi connectivity index (χ4n) is 0.794. The summed E-state index contributed by atoms with van der Waals surface area (Å²) in [6.07, 6.45) is 0.758. The molecule has 0 aromatic carbocycles. The van der Waals surface area contributed by atoms with Crippen molar-refractivity contribution in [2.24, 2.45) is 0 Å². The van der Waals surface area contributed by atoms with Crippen molar-refractivity contribution < 1.29 is 9.90 Å². The zero-order valence-corrected chi connectivity index (χ0v) is 7.76. The van der Waals surface area contributed by atoms with Gasteiger partial charge in [0.1, 0.15) is 0 Å². The molecule has 0 radical (unpaired) electrons. The highest BCUT2D eigenvalue weighted by atomic mass is 16.3. The molecule has 1 amide bonds. The molecule has 12 heavy (non-hydrogen) atoms. The first-order valence-electron chi connectivity index (χ1n) is 4.35. The van der Waals surface area contributed by atoms with Crippen LogP contribution in [0.25, 0.3) is 0 Å². The number of likely N-dealkylation sites (N-methyl/N-ethyl adjacent to an activating group) is 1. The normalized spacial score (nSPS) is 12.6. The molecule has 4 nitrogen and oxygen atoms in total. The number of amides is 1. The third-order valence-corrected chi connectivity index (χ3v) is 1.61. The highest BCUT2D eigenvalue weighted by molar-refractivity contribution is 5.78. The molecule has 0 aliphatic rings. The molecule has 1 unspecified atom stereocenters. The molecule has 0 bridgehead atoms. The lowest BCUT2D eigenvalue weighted by molar-refractivity contribution is -0.121. The zero-order chi connectivity index (χ0) is 9.40. The highest BCUT2D eigenvalue weighted by Gasteiger charge is 2.07. The van der Waals surface area contributed by atoms with Crippen LogP contribution >= 0.6 is 0 Å². The van der Waals surface area contributed by atoms with Crippen molar-refractivity contribution in [3.05, 3.63) is 0 Å². The van der Waals surface area contributed by atoms with Crippen LogP contribution in [-0.4, -0.2) is 36.8 Å². The van der Waals surface area contributed by atoms with Crippen molar-refractivity contribution in [2.75, 3.05) is 19.7 Å². The number of hydrogen-bond acceptors (Lipinski definition) is 3. The van der Waals surface area contributed by atoms with Gasteiger partial charge in [-0.3, -0.25) is 4.79 Å². The molecule has 0 fully saturated rings. The van der Waals surface area contributed by atoms with E-state index in [1.165, 1.54) is 0 Å². The number of nitrogens with one attached hydrogen (secondary N) is 2. The molecule has 0 aromatic heterocycles. The average molecular weight is 174 g/mol. The van der Waals surface area contributed by atoms with Gasteiger partial charge in [-0.25, -0.2) is 0 Å². The van der Waals surface area contributed by atoms with Crippen molar-refractivity contribution in [1.29, 1.82) is 0 Å². The fourth-order valence-corrected chi connectivity index (χ4v) is 0.794. The summed E-state index contributed by atoms with van der Waals surface area (Å²) in [7, 11) is 0. The number of hydrogen-bond donors (Lipinski definition) is 3. The van der Waals surface area contributed by atoms with E-state index in [2.05, 4.69) is 10.6 Å². The van der Waals surface area contributed by atoms with Gasteiger partial charge < -0.3 is 15.7 Å². The van der Waals surface area contributed by atoms with Crippen LogP contribution in [0, 0.1) is 0 Å². The van der Waals surface area contributed by atoms with Crippen molar-refractivity contribution >= 4 is 5.91 Å². The third-order valence-electron chi connectivity index (χ3n) is 1.61. The Bertz CT molecular complexity index is 124. The smallest absolute Gasteiger partial charge is 0.234 e. The topological polar surface area (TPSA) is 61.4 Å². The van der Waals surface area contributed by atoms with Gasteiger partial charge in [-0.15, -0.1) is 0 Å². The molecule has 1 atom stereocenters. The number of aliphatic hydroxyl groups excluding tert-OH is 1. The lowest BCUT2D eigenvalue weighted by Gasteiger charge is -2.13. The summed E-state index contributed by atoms with van der Waals surface area (Å²) < 4.78 is 0. The summed E-state index contributed by atoms with van der Waals surface area (Å²) in [5.74, 6) is -0.0576. The largest absolute Gasteiger partial charge is 0.394 e. The van der Waals surface area contributed by atoms with Crippen LogP contribution in [0.4, 0.5) is 0 Å². The van der Waals surface area contributed by atoms with Crippen molar-refractivity contribution in [1.82, 2.24) is 10.6 Å². The van der Waals surface area contributed by atoms with Gasteiger partial charge in [-0.2, -0.15) is 0 Å². The predicted octanol–water partition coefficient (Wildman–Crippen LogP) is -0.517. The van der Waals surface area contributed by atoms with Crippen molar-refractivity contribution in [3.8, 4) is 0 Å². The van der Waals surface area contributed by atoms with Crippen LogP contribution in [0.1, 0.15) is 20.3 Å². The van der Waals surface area contributed by atoms with Gasteiger partial charge in [-0.05, 0) is 13.0 Å². The quantitative estimate of drug-likeness (QED) is 0.508. The van der Waals surface area contributed by atoms with Crippen molar-refractivity contribution in [3.63, 3.8) is 0 Å². The Labute approximate surface area is 73.3 Å². The minimum atomic E-state index is -0.101. The molecule has 0 aromatic rings. The molecule has 0 spiro atoms. The van der Waals surface area contributed by atoms with E-state index in [-0.39, 0.29) is 18.6 Å².